The van der Waals surface area contributed by atoms with E-state index in [0.717, 1.165) is 25.1 Å². The van der Waals surface area contributed by atoms with Crippen LogP contribution in [0.4, 0.5) is 0 Å². The van der Waals surface area contributed by atoms with Crippen LogP contribution in [0.2, 0.25) is 0 Å². The Balaban J connectivity index is 2.16. The molecule has 5 nitrogen and oxygen atoms in total. The van der Waals surface area contributed by atoms with E-state index < -0.39 is 0 Å². The first-order valence-electron chi connectivity index (χ1n) is 5.88. The maximum atomic E-state index is 6.06. The monoisotopic (exact) mass is 261 g/mol. The van der Waals surface area contributed by atoms with Crippen molar-refractivity contribution in [1.29, 1.82) is 0 Å². The first-order chi connectivity index (χ1) is 8.27. The molecule has 0 amide bonds. The molecule has 98 valence electrons. The van der Waals surface area contributed by atoms with Gasteiger partial charge in [0.15, 0.2) is 0 Å². The Morgan fingerprint density at radius 1 is 1.41 bits per heavy atom. The molecule has 0 spiro atoms. The SMILES string of the molecule is CCC(Cl)c1cn(CCOCCCOC)nn1. The van der Waals surface area contributed by atoms with E-state index in [1.807, 2.05) is 13.1 Å². The molecular formula is C11H20ClN3O2. The van der Waals surface area contributed by atoms with E-state index in [2.05, 4.69) is 10.3 Å². The molecule has 1 unspecified atom stereocenters. The third-order valence-electron chi connectivity index (χ3n) is 2.34. The molecule has 0 aliphatic rings. The van der Waals surface area contributed by atoms with E-state index in [1.54, 1.807) is 11.8 Å². The Labute approximate surface area is 107 Å². The van der Waals surface area contributed by atoms with Crippen LogP contribution in [0.1, 0.15) is 30.8 Å². The summed E-state index contributed by atoms with van der Waals surface area (Å²) in [6.07, 6.45) is 3.64. The second-order valence-corrected chi connectivity index (χ2v) is 4.27. The summed E-state index contributed by atoms with van der Waals surface area (Å²) >= 11 is 6.06. The highest BCUT2D eigenvalue weighted by Crippen LogP contribution is 2.20. The fourth-order valence-electron chi connectivity index (χ4n) is 1.34. The van der Waals surface area contributed by atoms with Crippen molar-refractivity contribution < 1.29 is 9.47 Å². The first-order valence-corrected chi connectivity index (χ1v) is 6.32. The summed E-state index contributed by atoms with van der Waals surface area (Å²) in [5.41, 5.74) is 0.827. The van der Waals surface area contributed by atoms with E-state index in [4.69, 9.17) is 21.1 Å². The Morgan fingerprint density at radius 3 is 2.94 bits per heavy atom. The number of alkyl halides is 1. The number of aromatic nitrogens is 3. The van der Waals surface area contributed by atoms with Gasteiger partial charge in [0.1, 0.15) is 5.69 Å². The molecule has 6 heteroatoms. The maximum absolute atomic E-state index is 6.06. The van der Waals surface area contributed by atoms with Crippen molar-refractivity contribution in [3.05, 3.63) is 11.9 Å². The molecule has 0 aliphatic heterocycles. The van der Waals surface area contributed by atoms with Crippen LogP contribution >= 0.6 is 11.6 Å². The van der Waals surface area contributed by atoms with Crippen LogP contribution in [-0.2, 0) is 16.0 Å². The maximum Gasteiger partial charge on any atom is 0.100 e. The van der Waals surface area contributed by atoms with Gasteiger partial charge in [-0.25, -0.2) is 4.68 Å². The van der Waals surface area contributed by atoms with Gasteiger partial charge in [-0.1, -0.05) is 12.1 Å². The van der Waals surface area contributed by atoms with Gasteiger partial charge in [0.2, 0.25) is 0 Å². The Kier molecular flexibility index (Phi) is 7.16. The quantitative estimate of drug-likeness (QED) is 0.504. The van der Waals surface area contributed by atoms with Crippen LogP contribution < -0.4 is 0 Å². The fourth-order valence-corrected chi connectivity index (χ4v) is 1.44. The van der Waals surface area contributed by atoms with E-state index in [1.165, 1.54) is 0 Å². The average Bonchev–Trinajstić information content (AvgIpc) is 2.81. The molecule has 1 aromatic heterocycles. The lowest BCUT2D eigenvalue weighted by Gasteiger charge is -2.03. The molecule has 1 atom stereocenters. The Bertz CT molecular complexity index is 307. The lowest BCUT2D eigenvalue weighted by atomic mass is 10.3. The van der Waals surface area contributed by atoms with Gasteiger partial charge in [-0.15, -0.1) is 16.7 Å². The molecule has 17 heavy (non-hydrogen) atoms. The topological polar surface area (TPSA) is 49.2 Å². The lowest BCUT2D eigenvalue weighted by molar-refractivity contribution is 0.0958. The molecule has 1 aromatic rings. The van der Waals surface area contributed by atoms with E-state index in [-0.39, 0.29) is 5.38 Å². The molecule has 0 aromatic carbocycles. The van der Waals surface area contributed by atoms with Crippen LogP contribution in [0.15, 0.2) is 6.20 Å². The minimum atomic E-state index is -0.0497. The van der Waals surface area contributed by atoms with Crippen LogP contribution in [-0.4, -0.2) is 41.9 Å². The van der Waals surface area contributed by atoms with Crippen molar-refractivity contribution in [3.8, 4) is 0 Å². The largest absolute Gasteiger partial charge is 0.385 e. The average molecular weight is 262 g/mol. The predicted octanol–water partition coefficient (Wildman–Crippen LogP) is 2.02. The number of halogens is 1. The predicted molar refractivity (Wildman–Crippen MR) is 66.2 cm³/mol. The molecule has 0 saturated carbocycles. The first kappa shape index (κ1) is 14.4. The summed E-state index contributed by atoms with van der Waals surface area (Å²) in [4.78, 5) is 0. The van der Waals surface area contributed by atoms with Crippen molar-refractivity contribution >= 4 is 11.6 Å². The van der Waals surface area contributed by atoms with E-state index >= 15 is 0 Å². The van der Waals surface area contributed by atoms with Gasteiger partial charge in [-0.2, -0.15) is 0 Å². The smallest absolute Gasteiger partial charge is 0.100 e. The zero-order valence-electron chi connectivity index (χ0n) is 10.4. The van der Waals surface area contributed by atoms with Gasteiger partial charge < -0.3 is 9.47 Å². The molecule has 0 aliphatic carbocycles. The van der Waals surface area contributed by atoms with E-state index in [0.29, 0.717) is 19.8 Å². The van der Waals surface area contributed by atoms with Gasteiger partial charge in [0.05, 0.1) is 24.7 Å². The number of ether oxygens (including phenoxy) is 2. The molecule has 0 fully saturated rings. The molecule has 0 N–H and O–H groups in total. The van der Waals surface area contributed by atoms with Crippen LogP contribution in [0.3, 0.4) is 0 Å². The number of methoxy groups -OCH3 is 1. The molecule has 0 saturated heterocycles. The summed E-state index contributed by atoms with van der Waals surface area (Å²) in [5, 5.41) is 7.97. The molecule has 0 bridgehead atoms. The summed E-state index contributed by atoms with van der Waals surface area (Å²) in [6, 6.07) is 0. The summed E-state index contributed by atoms with van der Waals surface area (Å²) in [6.45, 7) is 4.80. The third-order valence-corrected chi connectivity index (χ3v) is 2.87. The molecule has 1 rings (SSSR count). The van der Waals surface area contributed by atoms with Crippen molar-refractivity contribution in [1.82, 2.24) is 15.0 Å². The standard InChI is InChI=1S/C11H20ClN3O2/c1-3-10(12)11-9-15(14-13-11)5-8-17-7-4-6-16-2/h9-10H,3-8H2,1-2H3. The highest BCUT2D eigenvalue weighted by molar-refractivity contribution is 6.20. The summed E-state index contributed by atoms with van der Waals surface area (Å²) in [7, 11) is 1.69. The highest BCUT2D eigenvalue weighted by Gasteiger charge is 2.09. The van der Waals surface area contributed by atoms with Gasteiger partial charge >= 0.3 is 0 Å². The zero-order chi connectivity index (χ0) is 12.5. The zero-order valence-corrected chi connectivity index (χ0v) is 11.2. The molecule has 0 radical (unpaired) electrons. The number of hydrogen-bond acceptors (Lipinski definition) is 4. The summed E-state index contributed by atoms with van der Waals surface area (Å²) < 4.78 is 12.1. The van der Waals surface area contributed by atoms with Crippen LogP contribution in [0, 0.1) is 0 Å². The fraction of sp³-hybridized carbons (Fsp3) is 0.818. The van der Waals surface area contributed by atoms with Crippen molar-refractivity contribution in [2.45, 2.75) is 31.7 Å². The highest BCUT2D eigenvalue weighted by atomic mass is 35.5. The Morgan fingerprint density at radius 2 is 2.24 bits per heavy atom. The normalized spacial score (nSPS) is 12.9. The molecular weight excluding hydrogens is 242 g/mol. The summed E-state index contributed by atoms with van der Waals surface area (Å²) in [5.74, 6) is 0. The van der Waals surface area contributed by atoms with Crippen LogP contribution in [0.5, 0.6) is 0 Å². The second kappa shape index (κ2) is 8.44. The lowest BCUT2D eigenvalue weighted by Crippen LogP contribution is -2.08. The number of nitrogens with zero attached hydrogens (tertiary/aromatic N) is 3. The minimum absolute atomic E-state index is 0.0497. The number of rotatable bonds is 9. The van der Waals surface area contributed by atoms with Gasteiger partial charge in [-0.3, -0.25) is 0 Å². The third kappa shape index (κ3) is 5.48. The van der Waals surface area contributed by atoms with Crippen molar-refractivity contribution in [2.24, 2.45) is 0 Å². The van der Waals surface area contributed by atoms with E-state index in [9.17, 15) is 0 Å². The second-order valence-electron chi connectivity index (χ2n) is 3.74. The van der Waals surface area contributed by atoms with Gasteiger partial charge in [-0.05, 0) is 12.8 Å². The Hall–Kier alpha value is -0.650. The molecule has 1 heterocycles. The minimum Gasteiger partial charge on any atom is -0.385 e. The van der Waals surface area contributed by atoms with Gasteiger partial charge in [0.25, 0.3) is 0 Å². The van der Waals surface area contributed by atoms with Crippen molar-refractivity contribution in [2.75, 3.05) is 26.9 Å². The number of hydrogen-bond donors (Lipinski definition) is 0. The van der Waals surface area contributed by atoms with Gasteiger partial charge in [0, 0.05) is 20.3 Å². The van der Waals surface area contributed by atoms with Crippen molar-refractivity contribution in [3.63, 3.8) is 0 Å². The van der Waals surface area contributed by atoms with Crippen LogP contribution in [0.25, 0.3) is 0 Å².